The van der Waals surface area contributed by atoms with E-state index in [0.29, 0.717) is 31.3 Å². The second kappa shape index (κ2) is 9.13. The minimum Gasteiger partial charge on any atom is -0.301 e. The van der Waals surface area contributed by atoms with Crippen molar-refractivity contribution < 1.29 is 13.2 Å². The Balaban J connectivity index is 1.48. The van der Waals surface area contributed by atoms with Gasteiger partial charge in [-0.3, -0.25) is 9.69 Å². The third kappa shape index (κ3) is 5.60. The predicted molar refractivity (Wildman–Crippen MR) is 112 cm³/mol. The van der Waals surface area contributed by atoms with Crippen LogP contribution < -0.4 is 5.32 Å². The number of hydrogen-bond acceptors (Lipinski definition) is 6. The molecule has 2 aromatic rings. The van der Waals surface area contributed by atoms with Gasteiger partial charge in [0, 0.05) is 43.7 Å². The smallest absolute Gasteiger partial charge is 0.240 e. The van der Waals surface area contributed by atoms with E-state index in [-0.39, 0.29) is 18.2 Å². The Kier molecular flexibility index (Phi) is 6.82. The largest absolute Gasteiger partial charge is 0.301 e. The van der Waals surface area contributed by atoms with Crippen molar-refractivity contribution in [2.45, 2.75) is 20.3 Å². The van der Waals surface area contributed by atoms with Gasteiger partial charge in [0.15, 0.2) is 5.13 Å². The van der Waals surface area contributed by atoms with Gasteiger partial charge < -0.3 is 5.32 Å². The molecular weight excluding hydrogens is 396 g/mol. The summed E-state index contributed by atoms with van der Waals surface area (Å²) in [4.78, 5) is 19.7. The fraction of sp³-hybridized carbons (Fsp3) is 0.474. The number of hydrogen-bond donors (Lipinski definition) is 1. The molecule has 9 heteroatoms. The summed E-state index contributed by atoms with van der Waals surface area (Å²) in [6.45, 7) is 5.94. The van der Waals surface area contributed by atoms with Crippen LogP contribution in [0.3, 0.4) is 0 Å². The minimum absolute atomic E-state index is 0.114. The van der Waals surface area contributed by atoms with Gasteiger partial charge in [-0.15, -0.1) is 11.3 Å². The van der Waals surface area contributed by atoms with Crippen LogP contribution in [-0.4, -0.2) is 67.0 Å². The maximum absolute atomic E-state index is 12.3. The third-order valence-corrected chi connectivity index (χ3v) is 7.51. The molecular formula is C19H26N4O3S2. The molecule has 0 spiro atoms. The third-order valence-electron chi connectivity index (χ3n) is 4.72. The molecule has 0 bridgehead atoms. The lowest BCUT2D eigenvalue weighted by molar-refractivity contribution is -0.117. The summed E-state index contributed by atoms with van der Waals surface area (Å²) < 4.78 is 25.3. The van der Waals surface area contributed by atoms with Gasteiger partial charge in [0.25, 0.3) is 0 Å². The number of aromatic nitrogens is 1. The maximum atomic E-state index is 12.3. The molecule has 0 aliphatic carbocycles. The highest BCUT2D eigenvalue weighted by Gasteiger charge is 2.26. The first kappa shape index (κ1) is 20.9. The van der Waals surface area contributed by atoms with E-state index in [0.717, 1.165) is 11.3 Å². The summed E-state index contributed by atoms with van der Waals surface area (Å²) in [5, 5.41) is 3.45. The second-order valence-electron chi connectivity index (χ2n) is 6.92. The normalized spacial score (nSPS) is 16.2. The molecule has 2 heterocycles. The number of thiazole rings is 1. The summed E-state index contributed by atoms with van der Waals surface area (Å²) in [5.41, 5.74) is 2.45. The first-order chi connectivity index (χ1) is 13.4. The van der Waals surface area contributed by atoms with Gasteiger partial charge >= 0.3 is 0 Å². The number of carbonyl (C=O) groups is 1. The molecule has 3 rings (SSSR count). The summed E-state index contributed by atoms with van der Waals surface area (Å²) in [7, 11) is -3.15. The molecule has 1 fully saturated rings. The van der Waals surface area contributed by atoms with Crippen molar-refractivity contribution in [1.29, 1.82) is 0 Å². The van der Waals surface area contributed by atoms with E-state index < -0.39 is 10.0 Å². The van der Waals surface area contributed by atoms with E-state index in [9.17, 15) is 13.2 Å². The molecule has 7 nitrogen and oxygen atoms in total. The fourth-order valence-corrected chi connectivity index (χ4v) is 5.13. The van der Waals surface area contributed by atoms with Gasteiger partial charge in [-0.05, 0) is 19.4 Å². The van der Waals surface area contributed by atoms with Crippen molar-refractivity contribution in [2.24, 2.45) is 0 Å². The average molecular weight is 423 g/mol. The first-order valence-electron chi connectivity index (χ1n) is 9.36. The zero-order chi connectivity index (χ0) is 20.1. The molecule has 1 amide bonds. The molecule has 28 heavy (non-hydrogen) atoms. The van der Waals surface area contributed by atoms with Crippen LogP contribution >= 0.6 is 11.3 Å². The van der Waals surface area contributed by atoms with Crippen molar-refractivity contribution >= 4 is 32.4 Å². The number of aryl methyl sites for hydroxylation is 1. The first-order valence-corrected chi connectivity index (χ1v) is 11.8. The Morgan fingerprint density at radius 3 is 2.68 bits per heavy atom. The highest BCUT2D eigenvalue weighted by molar-refractivity contribution is 7.89. The van der Waals surface area contributed by atoms with Crippen molar-refractivity contribution in [3.63, 3.8) is 0 Å². The van der Waals surface area contributed by atoms with E-state index in [2.05, 4.69) is 35.4 Å². The van der Waals surface area contributed by atoms with Crippen LogP contribution in [0.5, 0.6) is 0 Å². The van der Waals surface area contributed by atoms with E-state index in [4.69, 9.17) is 0 Å². The number of sulfonamides is 1. The van der Waals surface area contributed by atoms with Gasteiger partial charge in [-0.25, -0.2) is 13.4 Å². The van der Waals surface area contributed by atoms with Crippen LogP contribution in [0.15, 0.2) is 30.5 Å². The topological polar surface area (TPSA) is 82.6 Å². The molecule has 0 atom stereocenters. The van der Waals surface area contributed by atoms with Gasteiger partial charge in [0.05, 0.1) is 12.3 Å². The fourth-order valence-electron chi connectivity index (χ4n) is 3.18. The molecule has 1 N–H and O–H groups in total. The number of amides is 1. The van der Waals surface area contributed by atoms with Crippen molar-refractivity contribution in [3.8, 4) is 0 Å². The highest BCUT2D eigenvalue weighted by atomic mass is 32.2. The van der Waals surface area contributed by atoms with E-state index in [1.54, 1.807) is 13.1 Å². The monoisotopic (exact) mass is 422 g/mol. The SMILES string of the molecule is CCS(=O)(=O)N1CCN(CC(=O)Nc2ncc(Cc3cccc(C)c3)s2)CC1. The zero-order valence-corrected chi connectivity index (χ0v) is 17.9. The number of anilines is 1. The number of nitrogens with zero attached hydrogens (tertiary/aromatic N) is 3. The minimum atomic E-state index is -3.15. The summed E-state index contributed by atoms with van der Waals surface area (Å²) >= 11 is 1.48. The quantitative estimate of drug-likeness (QED) is 0.737. The summed E-state index contributed by atoms with van der Waals surface area (Å²) in [5.74, 6) is -0.00848. The standard InChI is InChI=1S/C19H26N4O3S2/c1-3-28(25,26)23-9-7-22(8-10-23)14-18(24)21-19-20-13-17(27-19)12-16-6-4-5-15(2)11-16/h4-6,11,13H,3,7-10,12,14H2,1-2H3,(H,20,21,24). The summed E-state index contributed by atoms with van der Waals surface area (Å²) in [6.07, 6.45) is 2.60. The molecule has 1 aliphatic rings. The van der Waals surface area contributed by atoms with E-state index in [1.165, 1.54) is 26.8 Å². The van der Waals surface area contributed by atoms with Gasteiger partial charge in [-0.1, -0.05) is 29.8 Å². The number of carbonyl (C=O) groups excluding carboxylic acids is 1. The Morgan fingerprint density at radius 2 is 2.00 bits per heavy atom. The molecule has 0 radical (unpaired) electrons. The summed E-state index contributed by atoms with van der Waals surface area (Å²) in [6, 6.07) is 8.35. The molecule has 1 aromatic carbocycles. The van der Waals surface area contributed by atoms with Crippen molar-refractivity contribution in [3.05, 3.63) is 46.5 Å². The number of piperazine rings is 1. The van der Waals surface area contributed by atoms with Gasteiger partial charge in [-0.2, -0.15) is 4.31 Å². The Hall–Kier alpha value is -1.81. The van der Waals surface area contributed by atoms with Crippen LogP contribution in [-0.2, 0) is 21.2 Å². The number of rotatable bonds is 7. The van der Waals surface area contributed by atoms with Gasteiger partial charge in [0.1, 0.15) is 0 Å². The van der Waals surface area contributed by atoms with Crippen LogP contribution in [0.4, 0.5) is 5.13 Å². The number of benzene rings is 1. The molecule has 0 unspecified atom stereocenters. The van der Waals surface area contributed by atoms with Crippen LogP contribution in [0.2, 0.25) is 0 Å². The lowest BCUT2D eigenvalue weighted by Gasteiger charge is -2.33. The Labute approximate surface area is 170 Å². The molecule has 1 saturated heterocycles. The van der Waals surface area contributed by atoms with Crippen molar-refractivity contribution in [2.75, 3.05) is 43.8 Å². The Morgan fingerprint density at radius 1 is 1.25 bits per heavy atom. The lowest BCUT2D eigenvalue weighted by atomic mass is 10.1. The van der Waals surface area contributed by atoms with Gasteiger partial charge in [0.2, 0.25) is 15.9 Å². The Bertz CT molecular complexity index is 919. The zero-order valence-electron chi connectivity index (χ0n) is 16.2. The molecule has 0 saturated carbocycles. The predicted octanol–water partition coefficient (Wildman–Crippen LogP) is 1.95. The van der Waals surface area contributed by atoms with E-state index in [1.807, 2.05) is 11.0 Å². The van der Waals surface area contributed by atoms with E-state index >= 15 is 0 Å². The molecule has 152 valence electrons. The van der Waals surface area contributed by atoms with Crippen LogP contribution in [0.25, 0.3) is 0 Å². The maximum Gasteiger partial charge on any atom is 0.240 e. The average Bonchev–Trinajstić information content (AvgIpc) is 3.08. The number of nitrogens with one attached hydrogen (secondary N) is 1. The lowest BCUT2D eigenvalue weighted by Crippen LogP contribution is -2.50. The molecule has 1 aromatic heterocycles. The van der Waals surface area contributed by atoms with Crippen molar-refractivity contribution in [1.82, 2.24) is 14.2 Å². The van der Waals surface area contributed by atoms with Crippen LogP contribution in [0, 0.1) is 6.92 Å². The van der Waals surface area contributed by atoms with Crippen LogP contribution in [0.1, 0.15) is 22.9 Å². The molecule has 1 aliphatic heterocycles. The highest BCUT2D eigenvalue weighted by Crippen LogP contribution is 2.21. The second-order valence-corrected chi connectivity index (χ2v) is 10.3.